The van der Waals surface area contributed by atoms with E-state index in [0.717, 1.165) is 0 Å². The van der Waals surface area contributed by atoms with Crippen LogP contribution >= 0.6 is 7.94 Å². The normalized spacial score (nSPS) is 13.7. The zero-order chi connectivity index (χ0) is 10.6. The molecule has 0 fully saturated rings. The van der Waals surface area contributed by atoms with Gasteiger partial charge in [0.15, 0.2) is 5.31 Å². The Hall–Kier alpha value is -0.190. The van der Waals surface area contributed by atoms with Crippen molar-refractivity contribution in [1.29, 1.82) is 0 Å². The van der Waals surface area contributed by atoms with Gasteiger partial charge in [-0.15, -0.1) is 0 Å². The minimum Gasteiger partial charge on any atom is -0.628 e. The van der Waals surface area contributed by atoms with Crippen molar-refractivity contribution in [2.75, 3.05) is 34.7 Å². The molecular weight excluding hydrogens is 191 g/mol. The third kappa shape index (κ3) is 5.96. The first kappa shape index (κ1) is 12.8. The Morgan fingerprint density at radius 1 is 1.31 bits per heavy atom. The molecule has 13 heavy (non-hydrogen) atoms. The monoisotopic (exact) mass is 208 g/mol. The molecule has 6 heteroatoms. The maximum absolute atomic E-state index is 11.0. The molecule has 0 bridgehead atoms. The van der Waals surface area contributed by atoms with E-state index in [1.54, 1.807) is 38.0 Å². The maximum Gasteiger partial charge on any atom is 0.262 e. The van der Waals surface area contributed by atoms with Crippen LogP contribution in [0.5, 0.6) is 0 Å². The average molecular weight is 208 g/mol. The van der Waals surface area contributed by atoms with Gasteiger partial charge in [-0.25, -0.2) is 9.79 Å². The highest BCUT2D eigenvalue weighted by molar-refractivity contribution is 7.61. The second-order valence-electron chi connectivity index (χ2n) is 3.37. The first-order valence-electron chi connectivity index (χ1n) is 3.81. The molecule has 0 unspecified atom stereocenters. The second kappa shape index (κ2) is 4.88. The minimum absolute atomic E-state index is 0.127. The van der Waals surface area contributed by atoms with Crippen LogP contribution < -0.4 is 4.89 Å². The summed E-state index contributed by atoms with van der Waals surface area (Å²) in [5.74, 6) is 0. The van der Waals surface area contributed by atoms with E-state index in [4.69, 9.17) is 9.79 Å². The number of hydrogen-bond acceptors (Lipinski definition) is 5. The number of hydrogen-bond donors (Lipinski definition) is 2. The zero-order valence-electron chi connectivity index (χ0n) is 8.43. The van der Waals surface area contributed by atoms with Gasteiger partial charge in [0.1, 0.15) is 0 Å². The standard InChI is InChI=1S/C7H17N2O3P/c1-8(2)5-7(6-9(3)4)13(10,11)12/h5H,6H2,1-4H3,(H2,10,11,12)/b7-5-. The minimum atomic E-state index is -4.11. The molecule has 0 aliphatic heterocycles. The summed E-state index contributed by atoms with van der Waals surface area (Å²) in [6, 6.07) is 0. The van der Waals surface area contributed by atoms with Gasteiger partial charge in [0, 0.05) is 20.3 Å². The number of likely N-dealkylation sites (N-methyl/N-ethyl adjacent to an activating group) is 1. The van der Waals surface area contributed by atoms with E-state index in [1.807, 2.05) is 0 Å². The van der Waals surface area contributed by atoms with Crippen LogP contribution in [0, 0.1) is 0 Å². The highest BCUT2D eigenvalue weighted by atomic mass is 31.2. The lowest BCUT2D eigenvalue weighted by atomic mass is 10.5. The van der Waals surface area contributed by atoms with Gasteiger partial charge in [-0.3, -0.25) is 0 Å². The van der Waals surface area contributed by atoms with Gasteiger partial charge < -0.3 is 14.7 Å². The molecule has 5 nitrogen and oxygen atoms in total. The molecule has 0 amide bonds. The van der Waals surface area contributed by atoms with Gasteiger partial charge in [-0.2, -0.15) is 0 Å². The third-order valence-corrected chi connectivity index (χ3v) is 2.26. The van der Waals surface area contributed by atoms with Gasteiger partial charge in [0.25, 0.3) is 7.94 Å². The Bertz CT molecular complexity index is 187. The van der Waals surface area contributed by atoms with E-state index in [-0.39, 0.29) is 11.9 Å². The SMILES string of the molecule is CN(C)/C=C(/CN(C)C)[P+]([O-])(O)O. The lowest BCUT2D eigenvalue weighted by Crippen LogP contribution is -2.22. The van der Waals surface area contributed by atoms with Gasteiger partial charge in [-0.05, 0) is 14.1 Å². The first-order chi connectivity index (χ1) is 5.73. The van der Waals surface area contributed by atoms with Crippen molar-refractivity contribution in [3.05, 3.63) is 11.5 Å². The largest absolute Gasteiger partial charge is 0.628 e. The predicted octanol–water partition coefficient (Wildman–Crippen LogP) is -0.941. The lowest BCUT2D eigenvalue weighted by Gasteiger charge is -2.22. The zero-order valence-corrected chi connectivity index (χ0v) is 9.32. The predicted molar refractivity (Wildman–Crippen MR) is 51.7 cm³/mol. The van der Waals surface area contributed by atoms with Crippen molar-refractivity contribution < 1.29 is 14.7 Å². The molecule has 0 atom stereocenters. The van der Waals surface area contributed by atoms with Crippen LogP contribution in [0.2, 0.25) is 0 Å². The van der Waals surface area contributed by atoms with E-state index in [0.29, 0.717) is 0 Å². The summed E-state index contributed by atoms with van der Waals surface area (Å²) in [6.07, 6.45) is 1.46. The molecule has 0 saturated heterocycles. The van der Waals surface area contributed by atoms with Crippen LogP contribution in [0.3, 0.4) is 0 Å². The molecule has 0 aliphatic carbocycles. The molecule has 0 radical (unpaired) electrons. The molecule has 0 aliphatic rings. The highest BCUT2D eigenvalue weighted by Gasteiger charge is 2.27. The van der Waals surface area contributed by atoms with Gasteiger partial charge in [-0.1, -0.05) is 0 Å². The first-order valence-corrected chi connectivity index (χ1v) is 5.42. The lowest BCUT2D eigenvalue weighted by molar-refractivity contribution is -0.205. The highest BCUT2D eigenvalue weighted by Crippen LogP contribution is 2.48. The van der Waals surface area contributed by atoms with Crippen LogP contribution in [0.15, 0.2) is 11.5 Å². The van der Waals surface area contributed by atoms with Crippen LogP contribution in [-0.4, -0.2) is 54.3 Å². The third-order valence-electron chi connectivity index (χ3n) is 1.26. The van der Waals surface area contributed by atoms with Gasteiger partial charge in [0.05, 0.1) is 6.54 Å². The topological polar surface area (TPSA) is 70.0 Å². The van der Waals surface area contributed by atoms with Crippen molar-refractivity contribution in [2.45, 2.75) is 0 Å². The summed E-state index contributed by atoms with van der Waals surface area (Å²) < 4.78 is 0. The van der Waals surface area contributed by atoms with Crippen LogP contribution in [-0.2, 0) is 0 Å². The molecule has 0 aromatic rings. The number of nitrogens with zero attached hydrogens (tertiary/aromatic N) is 2. The summed E-state index contributed by atoms with van der Waals surface area (Å²) >= 11 is 0. The van der Waals surface area contributed by atoms with E-state index >= 15 is 0 Å². The van der Waals surface area contributed by atoms with E-state index < -0.39 is 7.94 Å². The van der Waals surface area contributed by atoms with Crippen molar-refractivity contribution in [3.63, 3.8) is 0 Å². The van der Waals surface area contributed by atoms with Gasteiger partial charge in [0.2, 0.25) is 0 Å². The van der Waals surface area contributed by atoms with Crippen LogP contribution in [0.25, 0.3) is 0 Å². The molecule has 78 valence electrons. The molecule has 0 rings (SSSR count). The Kier molecular flexibility index (Phi) is 4.81. The fourth-order valence-corrected chi connectivity index (χ4v) is 1.68. The fourth-order valence-electron chi connectivity index (χ4n) is 0.830. The summed E-state index contributed by atoms with van der Waals surface area (Å²) in [6.45, 7) is 0.266. The Morgan fingerprint density at radius 2 is 1.77 bits per heavy atom. The molecule has 0 spiro atoms. The Morgan fingerprint density at radius 3 is 2.00 bits per heavy atom. The maximum atomic E-state index is 11.0. The van der Waals surface area contributed by atoms with Crippen molar-refractivity contribution in [2.24, 2.45) is 0 Å². The average Bonchev–Trinajstić information content (AvgIpc) is 1.81. The van der Waals surface area contributed by atoms with Crippen molar-refractivity contribution >= 4 is 7.94 Å². The smallest absolute Gasteiger partial charge is 0.262 e. The molecule has 0 saturated carbocycles. The molecular formula is C7H17N2O3P. The van der Waals surface area contributed by atoms with Crippen LogP contribution in [0.1, 0.15) is 0 Å². The van der Waals surface area contributed by atoms with Crippen LogP contribution in [0.4, 0.5) is 0 Å². The molecule has 0 aromatic heterocycles. The summed E-state index contributed by atoms with van der Waals surface area (Å²) in [7, 11) is 2.88. The fraction of sp³-hybridized carbons (Fsp3) is 0.714. The molecule has 0 aromatic carbocycles. The molecule has 2 N–H and O–H groups in total. The van der Waals surface area contributed by atoms with Gasteiger partial charge >= 0.3 is 0 Å². The summed E-state index contributed by atoms with van der Waals surface area (Å²) in [5.41, 5.74) is 0. The quantitative estimate of drug-likeness (QED) is 0.583. The van der Waals surface area contributed by atoms with E-state index in [2.05, 4.69) is 0 Å². The second-order valence-corrected chi connectivity index (χ2v) is 5.03. The summed E-state index contributed by atoms with van der Waals surface area (Å²) in [5, 5.41) is 0.127. The number of rotatable bonds is 4. The van der Waals surface area contributed by atoms with E-state index in [1.165, 1.54) is 6.20 Å². The molecule has 0 heterocycles. The van der Waals surface area contributed by atoms with Crippen molar-refractivity contribution in [1.82, 2.24) is 9.80 Å². The van der Waals surface area contributed by atoms with E-state index in [9.17, 15) is 4.89 Å². The Labute approximate surface area is 79.5 Å². The Balaban J connectivity index is 4.57. The summed E-state index contributed by atoms with van der Waals surface area (Å²) in [4.78, 5) is 32.2. The van der Waals surface area contributed by atoms with Crippen molar-refractivity contribution in [3.8, 4) is 0 Å².